The second-order valence-electron chi connectivity index (χ2n) is 5.53. The van der Waals surface area contributed by atoms with E-state index in [9.17, 15) is 30.6 Å². The zero-order valence-corrected chi connectivity index (χ0v) is 12.0. The lowest BCUT2D eigenvalue weighted by Gasteiger charge is -2.44. The van der Waals surface area contributed by atoms with Crippen LogP contribution in [0.1, 0.15) is 0 Å². The molecule has 2 aliphatic heterocycles. The van der Waals surface area contributed by atoms with Crippen LogP contribution in [0.25, 0.3) is 0 Å². The van der Waals surface area contributed by atoms with Gasteiger partial charge in [0.1, 0.15) is 48.8 Å². The van der Waals surface area contributed by atoms with E-state index < -0.39 is 74.6 Å². The summed E-state index contributed by atoms with van der Waals surface area (Å²) >= 11 is 0. The molecule has 23 heavy (non-hydrogen) atoms. The number of aliphatic hydroxyl groups is 8. The van der Waals surface area contributed by atoms with Crippen LogP contribution in [0, 0.1) is 0 Å². The molecule has 11 nitrogen and oxygen atoms in total. The Hall–Kier alpha value is -0.440. The van der Waals surface area contributed by atoms with Crippen molar-refractivity contribution in [2.45, 2.75) is 61.4 Å². The zero-order chi connectivity index (χ0) is 17.3. The first-order valence-electron chi connectivity index (χ1n) is 7.08. The summed E-state index contributed by atoms with van der Waals surface area (Å²) in [7, 11) is 0. The van der Waals surface area contributed by atoms with Crippen LogP contribution in [0.5, 0.6) is 0 Å². The van der Waals surface area contributed by atoms with Crippen LogP contribution in [-0.4, -0.2) is 115 Å². The Kier molecular flexibility index (Phi) is 6.27. The lowest BCUT2D eigenvalue weighted by atomic mass is 9.99. The summed E-state index contributed by atoms with van der Waals surface area (Å²) in [5.41, 5.74) is 0. The molecule has 2 heterocycles. The Labute approximate surface area is 130 Å². The van der Waals surface area contributed by atoms with Gasteiger partial charge < -0.3 is 55.1 Å². The van der Waals surface area contributed by atoms with Crippen molar-refractivity contribution in [3.63, 3.8) is 0 Å². The molecule has 8 N–H and O–H groups in total. The molecule has 0 aromatic heterocycles. The Morgan fingerprint density at radius 2 is 0.913 bits per heavy atom. The lowest BCUT2D eigenvalue weighted by molar-refractivity contribution is -0.376. The second-order valence-corrected chi connectivity index (χ2v) is 5.53. The molecule has 2 saturated heterocycles. The molecule has 0 unspecified atom stereocenters. The average molecular weight is 343 g/mol. The van der Waals surface area contributed by atoms with Gasteiger partial charge in [-0.2, -0.15) is 0 Å². The first-order chi connectivity index (χ1) is 10.8. The van der Waals surface area contributed by atoms with Gasteiger partial charge in [-0.15, -0.1) is 0 Å². The van der Waals surface area contributed by atoms with Crippen LogP contribution in [0.2, 0.25) is 0 Å². The van der Waals surface area contributed by atoms with Crippen LogP contribution in [-0.2, 0) is 14.2 Å². The highest BCUT2D eigenvalue weighted by atomic mass is 16.8. The summed E-state index contributed by atoms with van der Waals surface area (Å²) in [6.07, 6.45) is -15.6. The Morgan fingerprint density at radius 3 is 1.22 bits per heavy atom. The van der Waals surface area contributed by atoms with Crippen molar-refractivity contribution in [1.29, 1.82) is 0 Å². The summed E-state index contributed by atoms with van der Waals surface area (Å²) < 4.78 is 15.3. The molecule has 0 amide bonds. The van der Waals surface area contributed by atoms with Gasteiger partial charge in [0.15, 0.2) is 12.6 Å². The van der Waals surface area contributed by atoms with E-state index in [1.165, 1.54) is 0 Å². The molecule has 0 aliphatic carbocycles. The third kappa shape index (κ3) is 3.65. The third-order valence-corrected chi connectivity index (χ3v) is 3.97. The van der Waals surface area contributed by atoms with Gasteiger partial charge in [0.25, 0.3) is 0 Å². The third-order valence-electron chi connectivity index (χ3n) is 3.97. The Bertz CT molecular complexity index is 344. The fraction of sp³-hybridized carbons (Fsp3) is 1.00. The standard InChI is InChI=1S/C12H22O11/c13-1-3-5(15)7(17)9(19)11(21-3)23-12-10(20)8(18)6(16)4(2-14)22-12/h3-20H,1-2H2/t3-,4-,5-,6-,7+,8+,9-,10-,11-,12-/m1/s1/i7+1. The largest absolute Gasteiger partial charge is 0.394 e. The van der Waals surface area contributed by atoms with Gasteiger partial charge in [0.05, 0.1) is 13.2 Å². The van der Waals surface area contributed by atoms with E-state index in [0.717, 1.165) is 0 Å². The lowest BCUT2D eigenvalue weighted by Crippen LogP contribution is -2.63. The van der Waals surface area contributed by atoms with Crippen LogP contribution in [0.4, 0.5) is 0 Å². The van der Waals surface area contributed by atoms with E-state index in [1.54, 1.807) is 0 Å². The maximum Gasteiger partial charge on any atom is 0.189 e. The summed E-state index contributed by atoms with van der Waals surface area (Å²) in [6.45, 7) is -1.33. The maximum atomic E-state index is 9.84. The van der Waals surface area contributed by atoms with Gasteiger partial charge in [0, 0.05) is 0 Å². The van der Waals surface area contributed by atoms with E-state index >= 15 is 0 Å². The van der Waals surface area contributed by atoms with Gasteiger partial charge in [0.2, 0.25) is 0 Å². The second kappa shape index (κ2) is 7.63. The summed E-state index contributed by atoms with van der Waals surface area (Å²) in [4.78, 5) is 0. The van der Waals surface area contributed by atoms with Crippen molar-refractivity contribution in [3.05, 3.63) is 0 Å². The van der Waals surface area contributed by atoms with E-state index in [-0.39, 0.29) is 0 Å². The van der Waals surface area contributed by atoms with Gasteiger partial charge in [-0.3, -0.25) is 0 Å². The monoisotopic (exact) mass is 343 g/mol. The minimum absolute atomic E-state index is 0.667. The predicted molar refractivity (Wildman–Crippen MR) is 68.6 cm³/mol. The fourth-order valence-corrected chi connectivity index (χ4v) is 2.49. The molecule has 0 radical (unpaired) electrons. The molecule has 0 spiro atoms. The molecule has 10 atom stereocenters. The van der Waals surface area contributed by atoms with E-state index in [2.05, 4.69) is 0 Å². The van der Waals surface area contributed by atoms with Crippen molar-refractivity contribution >= 4 is 0 Å². The number of ether oxygens (including phenoxy) is 3. The van der Waals surface area contributed by atoms with Crippen molar-refractivity contribution < 1.29 is 55.1 Å². The van der Waals surface area contributed by atoms with Crippen LogP contribution in [0.3, 0.4) is 0 Å². The highest BCUT2D eigenvalue weighted by Gasteiger charge is 2.49. The fourth-order valence-electron chi connectivity index (χ4n) is 2.49. The van der Waals surface area contributed by atoms with Crippen molar-refractivity contribution in [2.24, 2.45) is 0 Å². The molecule has 0 aromatic rings. The van der Waals surface area contributed by atoms with E-state index in [4.69, 9.17) is 24.4 Å². The number of aliphatic hydroxyl groups excluding tert-OH is 8. The first kappa shape index (κ1) is 18.9. The van der Waals surface area contributed by atoms with Crippen molar-refractivity contribution in [3.8, 4) is 0 Å². The zero-order valence-electron chi connectivity index (χ0n) is 12.0. The highest BCUT2D eigenvalue weighted by molar-refractivity contribution is 4.92. The minimum Gasteiger partial charge on any atom is -0.394 e. The van der Waals surface area contributed by atoms with E-state index in [0.29, 0.717) is 0 Å². The summed E-state index contributed by atoms with van der Waals surface area (Å²) in [5.74, 6) is 0. The normalized spacial score (nSPS) is 51.7. The topological polar surface area (TPSA) is 190 Å². The molecule has 2 rings (SSSR count). The van der Waals surface area contributed by atoms with Gasteiger partial charge in [-0.1, -0.05) is 0 Å². The minimum atomic E-state index is -1.72. The molecular formula is C12H22O11. The van der Waals surface area contributed by atoms with Crippen molar-refractivity contribution in [2.75, 3.05) is 13.2 Å². The summed E-state index contributed by atoms with van der Waals surface area (Å²) in [5, 5.41) is 76.4. The number of rotatable bonds is 4. The molecule has 0 saturated carbocycles. The average Bonchev–Trinajstić information content (AvgIpc) is 2.55. The van der Waals surface area contributed by atoms with Gasteiger partial charge >= 0.3 is 0 Å². The summed E-state index contributed by atoms with van der Waals surface area (Å²) in [6, 6.07) is 0. The smallest absolute Gasteiger partial charge is 0.189 e. The van der Waals surface area contributed by atoms with E-state index in [1.807, 2.05) is 0 Å². The molecule has 0 bridgehead atoms. The first-order valence-corrected chi connectivity index (χ1v) is 7.08. The Balaban J connectivity index is 2.07. The molecule has 2 aliphatic rings. The van der Waals surface area contributed by atoms with Crippen LogP contribution in [0.15, 0.2) is 0 Å². The highest BCUT2D eigenvalue weighted by Crippen LogP contribution is 2.27. The molecule has 11 heteroatoms. The number of hydrogen-bond acceptors (Lipinski definition) is 11. The van der Waals surface area contributed by atoms with Crippen LogP contribution >= 0.6 is 0 Å². The van der Waals surface area contributed by atoms with Crippen molar-refractivity contribution in [1.82, 2.24) is 0 Å². The molecular weight excluding hydrogens is 321 g/mol. The molecule has 2 fully saturated rings. The SMILES string of the molecule is OC[C@H]1O[C@H](O[C@H]2O[C@H](CO)[C@@H](O)[13C@H](O)[C@H]2O)[C@H](O)[C@@H](O)[C@@H]1O. The van der Waals surface area contributed by atoms with Gasteiger partial charge in [-0.05, 0) is 0 Å². The van der Waals surface area contributed by atoms with Gasteiger partial charge in [-0.25, -0.2) is 0 Å². The van der Waals surface area contributed by atoms with Crippen LogP contribution < -0.4 is 0 Å². The maximum absolute atomic E-state index is 9.84. The Morgan fingerprint density at radius 1 is 0.565 bits per heavy atom. The number of hydrogen-bond donors (Lipinski definition) is 8. The quantitative estimate of drug-likeness (QED) is 0.227. The molecule has 136 valence electrons. The molecule has 0 aromatic carbocycles. The predicted octanol–water partition coefficient (Wildman–Crippen LogP) is -5.40.